The SMILES string of the molecule is Cc1cnc(NC(=O)CCC2C/C(=N\OCC(=O)O)C3(C)CCC4c5ccc(O)cc5CCC4C23)s1. The fourth-order valence-corrected chi connectivity index (χ4v) is 7.81. The van der Waals surface area contributed by atoms with E-state index in [1.54, 1.807) is 12.3 Å². The number of fused-ring (bicyclic) bond motifs is 5. The van der Waals surface area contributed by atoms with Gasteiger partial charge in [-0.2, -0.15) is 0 Å². The standard InChI is InChI=1S/C27H33N3O5S/c1-15-13-28-26(36-15)29-23(32)8-4-17-12-22(30-35-14-24(33)34)27(2)10-9-20-19-7-5-18(31)11-16(19)3-6-21(20)25(17)27/h5,7,11,13,17,20-21,25,31H,3-4,6,8-10,12,14H2,1-2H3,(H,33,34)(H,28,29,32)/b30-22+. The Bertz CT molecular complexity index is 1190. The molecule has 2 saturated carbocycles. The third kappa shape index (κ3) is 4.73. The number of carbonyl (C=O) groups excluding carboxylic acids is 1. The van der Waals surface area contributed by atoms with E-state index >= 15 is 0 Å². The van der Waals surface area contributed by atoms with Gasteiger partial charge in [-0.15, -0.1) is 11.3 Å². The molecule has 5 atom stereocenters. The number of nitrogens with one attached hydrogen (secondary N) is 1. The first-order valence-corrected chi connectivity index (χ1v) is 13.5. The van der Waals surface area contributed by atoms with Gasteiger partial charge in [-0.3, -0.25) is 4.79 Å². The van der Waals surface area contributed by atoms with Gasteiger partial charge in [0.25, 0.3) is 0 Å². The average Bonchev–Trinajstić information content (AvgIpc) is 3.36. The third-order valence-electron chi connectivity index (χ3n) is 8.56. The van der Waals surface area contributed by atoms with Crippen molar-refractivity contribution in [3.05, 3.63) is 40.4 Å². The van der Waals surface area contributed by atoms with E-state index in [0.29, 0.717) is 35.1 Å². The molecule has 36 heavy (non-hydrogen) atoms. The van der Waals surface area contributed by atoms with Crippen LogP contribution in [0.5, 0.6) is 5.75 Å². The number of hydrogen-bond acceptors (Lipinski definition) is 7. The second-order valence-corrected chi connectivity index (χ2v) is 11.9. The first-order valence-electron chi connectivity index (χ1n) is 12.7. The van der Waals surface area contributed by atoms with Crippen LogP contribution in [-0.2, 0) is 20.8 Å². The number of phenols is 1. The molecule has 0 saturated heterocycles. The highest BCUT2D eigenvalue weighted by molar-refractivity contribution is 7.15. The normalized spacial score (nSPS) is 29.8. The van der Waals surface area contributed by atoms with E-state index in [9.17, 15) is 14.7 Å². The second-order valence-electron chi connectivity index (χ2n) is 10.7. The number of amides is 1. The quantitative estimate of drug-likeness (QED) is 0.444. The Balaban J connectivity index is 1.38. The summed E-state index contributed by atoms with van der Waals surface area (Å²) in [7, 11) is 0. The van der Waals surface area contributed by atoms with Gasteiger partial charge in [0.15, 0.2) is 5.13 Å². The summed E-state index contributed by atoms with van der Waals surface area (Å²) in [4.78, 5) is 34.3. The largest absolute Gasteiger partial charge is 0.508 e. The van der Waals surface area contributed by atoms with Gasteiger partial charge >= 0.3 is 5.97 Å². The van der Waals surface area contributed by atoms with Gasteiger partial charge in [0.05, 0.1) is 5.71 Å². The minimum absolute atomic E-state index is 0.0320. The molecule has 2 aromatic rings. The molecular weight excluding hydrogens is 478 g/mol. The molecule has 2 fully saturated rings. The van der Waals surface area contributed by atoms with E-state index in [0.717, 1.165) is 49.1 Å². The van der Waals surface area contributed by atoms with Gasteiger partial charge in [-0.05, 0) is 92.4 Å². The lowest BCUT2D eigenvalue weighted by Crippen LogP contribution is -2.44. The van der Waals surface area contributed by atoms with Crippen LogP contribution in [0.4, 0.5) is 5.13 Å². The van der Waals surface area contributed by atoms with Crippen LogP contribution in [0.2, 0.25) is 0 Å². The van der Waals surface area contributed by atoms with Crippen LogP contribution < -0.4 is 5.32 Å². The van der Waals surface area contributed by atoms with Gasteiger partial charge in [-0.1, -0.05) is 18.1 Å². The van der Waals surface area contributed by atoms with Gasteiger partial charge < -0.3 is 20.4 Å². The molecule has 5 rings (SSSR count). The highest BCUT2D eigenvalue weighted by atomic mass is 32.1. The van der Waals surface area contributed by atoms with Gasteiger partial charge in [0, 0.05) is 22.9 Å². The average molecular weight is 512 g/mol. The summed E-state index contributed by atoms with van der Waals surface area (Å²) in [5, 5.41) is 26.9. The van der Waals surface area contributed by atoms with Gasteiger partial charge in [0.1, 0.15) is 5.75 Å². The van der Waals surface area contributed by atoms with Crippen molar-refractivity contribution in [2.24, 2.45) is 28.3 Å². The van der Waals surface area contributed by atoms with Crippen LogP contribution in [-0.4, -0.2) is 39.4 Å². The van der Waals surface area contributed by atoms with Gasteiger partial charge in [0.2, 0.25) is 12.5 Å². The fourth-order valence-electron chi connectivity index (χ4n) is 7.13. The van der Waals surface area contributed by atoms with E-state index in [2.05, 4.69) is 28.4 Å². The number of hydrogen-bond donors (Lipinski definition) is 3. The van der Waals surface area contributed by atoms with Crippen LogP contribution in [0.25, 0.3) is 0 Å². The molecule has 0 bridgehead atoms. The zero-order valence-electron chi connectivity index (χ0n) is 20.7. The summed E-state index contributed by atoms with van der Waals surface area (Å²) < 4.78 is 0. The third-order valence-corrected chi connectivity index (χ3v) is 9.38. The van der Waals surface area contributed by atoms with Crippen LogP contribution in [0.3, 0.4) is 0 Å². The molecule has 192 valence electrons. The smallest absolute Gasteiger partial charge is 0.344 e. The van der Waals surface area contributed by atoms with Crippen molar-refractivity contribution >= 4 is 34.1 Å². The number of carboxylic acids is 1. The maximum Gasteiger partial charge on any atom is 0.344 e. The molecule has 0 spiro atoms. The van der Waals surface area contributed by atoms with Crippen molar-refractivity contribution in [3.8, 4) is 5.75 Å². The monoisotopic (exact) mass is 511 g/mol. The Morgan fingerprint density at radius 2 is 2.17 bits per heavy atom. The summed E-state index contributed by atoms with van der Waals surface area (Å²) in [6, 6.07) is 5.78. The number of aromatic nitrogens is 1. The van der Waals surface area contributed by atoms with Crippen molar-refractivity contribution in [1.29, 1.82) is 0 Å². The number of benzene rings is 1. The number of phenolic OH excluding ortho intramolecular Hbond substituents is 1. The zero-order chi connectivity index (χ0) is 25.4. The zero-order valence-corrected chi connectivity index (χ0v) is 21.5. The highest BCUT2D eigenvalue weighted by Gasteiger charge is 2.57. The number of aryl methyl sites for hydroxylation is 2. The lowest BCUT2D eigenvalue weighted by molar-refractivity contribution is -0.142. The lowest BCUT2D eigenvalue weighted by Gasteiger charge is -2.50. The Kier molecular flexibility index (Phi) is 6.76. The summed E-state index contributed by atoms with van der Waals surface area (Å²) in [5.74, 6) is 0.704. The van der Waals surface area contributed by atoms with Crippen molar-refractivity contribution < 1.29 is 24.6 Å². The number of carboxylic acid groups (broad SMARTS) is 1. The van der Waals surface area contributed by atoms with Crippen molar-refractivity contribution in [3.63, 3.8) is 0 Å². The number of oxime groups is 1. The van der Waals surface area contributed by atoms with Crippen LogP contribution in [0.15, 0.2) is 29.6 Å². The summed E-state index contributed by atoms with van der Waals surface area (Å²) in [6.45, 7) is 3.76. The maximum absolute atomic E-state index is 12.7. The molecular formula is C27H33N3O5S. The molecule has 1 aromatic heterocycles. The first kappa shape index (κ1) is 24.7. The molecule has 3 aliphatic rings. The molecule has 1 heterocycles. The summed E-state index contributed by atoms with van der Waals surface area (Å²) >= 11 is 1.47. The molecule has 0 radical (unpaired) electrons. The van der Waals surface area contributed by atoms with E-state index in [1.807, 2.05) is 13.0 Å². The summed E-state index contributed by atoms with van der Waals surface area (Å²) in [5.41, 5.74) is 3.34. The fraction of sp³-hybridized carbons (Fsp3) is 0.556. The number of aromatic hydroxyl groups is 1. The summed E-state index contributed by atoms with van der Waals surface area (Å²) in [6.07, 6.45) is 7.53. The highest BCUT2D eigenvalue weighted by Crippen LogP contribution is 2.62. The Morgan fingerprint density at radius 3 is 2.92 bits per heavy atom. The van der Waals surface area contributed by atoms with E-state index < -0.39 is 12.6 Å². The van der Waals surface area contributed by atoms with Crippen molar-refractivity contribution in [2.75, 3.05) is 11.9 Å². The second kappa shape index (κ2) is 9.84. The topological polar surface area (TPSA) is 121 Å². The number of aliphatic carboxylic acids is 1. The van der Waals surface area contributed by atoms with Crippen LogP contribution in [0.1, 0.15) is 67.4 Å². The van der Waals surface area contributed by atoms with Crippen LogP contribution >= 0.6 is 11.3 Å². The molecule has 0 aliphatic heterocycles. The van der Waals surface area contributed by atoms with Gasteiger partial charge in [-0.25, -0.2) is 9.78 Å². The molecule has 9 heteroatoms. The molecule has 3 N–H and O–H groups in total. The van der Waals surface area contributed by atoms with E-state index in [1.165, 1.54) is 22.5 Å². The number of anilines is 1. The van der Waals surface area contributed by atoms with Crippen molar-refractivity contribution in [1.82, 2.24) is 4.98 Å². The number of nitrogens with zero attached hydrogens (tertiary/aromatic N) is 2. The first-order chi connectivity index (χ1) is 17.2. The Hall–Kier alpha value is -2.94. The molecule has 5 unspecified atom stereocenters. The number of rotatable bonds is 7. The van der Waals surface area contributed by atoms with Crippen molar-refractivity contribution in [2.45, 2.75) is 64.7 Å². The van der Waals surface area contributed by atoms with E-state index in [-0.39, 0.29) is 17.2 Å². The minimum atomic E-state index is -1.04. The van der Waals surface area contributed by atoms with E-state index in [4.69, 9.17) is 9.94 Å². The minimum Gasteiger partial charge on any atom is -0.508 e. The Labute approximate surface area is 214 Å². The predicted molar refractivity (Wildman–Crippen MR) is 137 cm³/mol. The van der Waals surface area contributed by atoms with Crippen LogP contribution in [0, 0.1) is 30.1 Å². The number of thiazole rings is 1. The number of carbonyl (C=O) groups is 2. The molecule has 8 nitrogen and oxygen atoms in total. The molecule has 3 aliphatic carbocycles. The molecule has 1 aromatic carbocycles. The predicted octanol–water partition coefficient (Wildman–Crippen LogP) is 5.12. The maximum atomic E-state index is 12.7. The Morgan fingerprint density at radius 1 is 1.33 bits per heavy atom. The molecule has 1 amide bonds. The lowest BCUT2D eigenvalue weighted by atomic mass is 9.54.